The van der Waals surface area contributed by atoms with Crippen molar-refractivity contribution in [1.82, 2.24) is 16.0 Å². The molecule has 0 aliphatic carbocycles. The normalized spacial score (nSPS) is 11.9. The highest BCUT2D eigenvalue weighted by molar-refractivity contribution is 5.96. The number of amides is 3. The van der Waals surface area contributed by atoms with Crippen LogP contribution in [0.4, 0.5) is 4.79 Å². The number of imide groups is 1. The first-order valence-electron chi connectivity index (χ1n) is 4.96. The molecule has 0 aliphatic rings. The summed E-state index contributed by atoms with van der Waals surface area (Å²) in [5.74, 6) is -0.433. The standard InChI is InChI=1S/C9H19N3O3/c1-4-11-9(14)12-8(13)7(2)15-6-5-10-3/h7,10H,4-6H2,1-3H3,(H2,11,12,13,14). The van der Waals surface area contributed by atoms with Gasteiger partial charge in [-0.05, 0) is 20.9 Å². The molecule has 0 radical (unpaired) electrons. The van der Waals surface area contributed by atoms with E-state index in [2.05, 4.69) is 16.0 Å². The smallest absolute Gasteiger partial charge is 0.321 e. The number of hydrogen-bond donors (Lipinski definition) is 3. The predicted octanol–water partition coefficient (Wildman–Crippen LogP) is -0.543. The summed E-state index contributed by atoms with van der Waals surface area (Å²) in [4.78, 5) is 22.3. The number of carbonyl (C=O) groups excluding carboxylic acids is 2. The molecule has 0 aromatic heterocycles. The maximum absolute atomic E-state index is 11.3. The molecule has 1 unspecified atom stereocenters. The number of ether oxygens (including phenoxy) is 1. The summed E-state index contributed by atoms with van der Waals surface area (Å²) in [5.41, 5.74) is 0. The molecule has 88 valence electrons. The molecule has 0 aliphatic heterocycles. The number of urea groups is 1. The summed E-state index contributed by atoms with van der Waals surface area (Å²) in [6.45, 7) is 4.95. The molecule has 0 fully saturated rings. The molecular formula is C9H19N3O3. The number of nitrogens with one attached hydrogen (secondary N) is 3. The first-order chi connectivity index (χ1) is 7.11. The molecule has 0 bridgehead atoms. The van der Waals surface area contributed by atoms with E-state index in [1.165, 1.54) is 0 Å². The van der Waals surface area contributed by atoms with Crippen LogP contribution in [0.25, 0.3) is 0 Å². The Morgan fingerprint density at radius 3 is 2.60 bits per heavy atom. The zero-order valence-corrected chi connectivity index (χ0v) is 9.42. The van der Waals surface area contributed by atoms with Gasteiger partial charge in [-0.15, -0.1) is 0 Å². The molecular weight excluding hydrogens is 198 g/mol. The van der Waals surface area contributed by atoms with Crippen LogP contribution in [-0.2, 0) is 9.53 Å². The van der Waals surface area contributed by atoms with Crippen LogP contribution < -0.4 is 16.0 Å². The minimum Gasteiger partial charge on any atom is -0.367 e. The lowest BCUT2D eigenvalue weighted by Crippen LogP contribution is -2.44. The van der Waals surface area contributed by atoms with E-state index < -0.39 is 18.0 Å². The third kappa shape index (κ3) is 6.87. The van der Waals surface area contributed by atoms with Crippen LogP contribution in [0.3, 0.4) is 0 Å². The van der Waals surface area contributed by atoms with Crippen molar-refractivity contribution in [2.45, 2.75) is 20.0 Å². The van der Waals surface area contributed by atoms with Gasteiger partial charge in [0.05, 0.1) is 6.61 Å². The Bertz CT molecular complexity index is 209. The Kier molecular flexibility index (Phi) is 7.57. The van der Waals surface area contributed by atoms with E-state index in [1.807, 2.05) is 0 Å². The lowest BCUT2D eigenvalue weighted by molar-refractivity contribution is -0.130. The maximum Gasteiger partial charge on any atom is 0.321 e. The molecule has 15 heavy (non-hydrogen) atoms. The molecule has 3 amide bonds. The van der Waals surface area contributed by atoms with Crippen LogP contribution in [0.15, 0.2) is 0 Å². The molecule has 0 spiro atoms. The van der Waals surface area contributed by atoms with E-state index >= 15 is 0 Å². The Labute approximate surface area is 89.7 Å². The van der Waals surface area contributed by atoms with Gasteiger partial charge < -0.3 is 15.4 Å². The summed E-state index contributed by atoms with van der Waals surface area (Å²) < 4.78 is 5.17. The van der Waals surface area contributed by atoms with Crippen molar-refractivity contribution >= 4 is 11.9 Å². The van der Waals surface area contributed by atoms with E-state index in [9.17, 15) is 9.59 Å². The quantitative estimate of drug-likeness (QED) is 0.522. The van der Waals surface area contributed by atoms with Crippen molar-refractivity contribution in [1.29, 1.82) is 0 Å². The fourth-order valence-corrected chi connectivity index (χ4v) is 0.832. The van der Waals surface area contributed by atoms with Crippen molar-refractivity contribution in [2.24, 2.45) is 0 Å². The van der Waals surface area contributed by atoms with Gasteiger partial charge in [0.2, 0.25) is 0 Å². The Hall–Kier alpha value is -1.14. The summed E-state index contributed by atoms with van der Waals surface area (Å²) in [7, 11) is 1.79. The highest BCUT2D eigenvalue weighted by Gasteiger charge is 2.15. The van der Waals surface area contributed by atoms with Crippen LogP contribution in [0.2, 0.25) is 0 Å². The van der Waals surface area contributed by atoms with Crippen molar-refractivity contribution in [3.8, 4) is 0 Å². The number of hydrogen-bond acceptors (Lipinski definition) is 4. The molecule has 3 N–H and O–H groups in total. The molecule has 6 nitrogen and oxygen atoms in total. The van der Waals surface area contributed by atoms with Gasteiger partial charge in [0.1, 0.15) is 6.10 Å². The lowest BCUT2D eigenvalue weighted by Gasteiger charge is -2.12. The first-order valence-corrected chi connectivity index (χ1v) is 4.96. The highest BCUT2D eigenvalue weighted by atomic mass is 16.5. The van der Waals surface area contributed by atoms with Gasteiger partial charge in [0.25, 0.3) is 5.91 Å². The summed E-state index contributed by atoms with van der Waals surface area (Å²) in [6.07, 6.45) is -0.624. The van der Waals surface area contributed by atoms with Gasteiger partial charge in [0.15, 0.2) is 0 Å². The minimum absolute atomic E-state index is 0.431. The van der Waals surface area contributed by atoms with Gasteiger partial charge in [-0.3, -0.25) is 10.1 Å². The average molecular weight is 217 g/mol. The zero-order valence-electron chi connectivity index (χ0n) is 9.42. The number of rotatable bonds is 6. The van der Waals surface area contributed by atoms with Gasteiger partial charge >= 0.3 is 6.03 Å². The molecule has 1 atom stereocenters. The molecule has 0 rings (SSSR count). The largest absolute Gasteiger partial charge is 0.367 e. The third-order valence-electron chi connectivity index (χ3n) is 1.66. The van der Waals surface area contributed by atoms with Crippen molar-refractivity contribution in [2.75, 3.05) is 26.7 Å². The Morgan fingerprint density at radius 2 is 2.07 bits per heavy atom. The molecule has 0 aromatic carbocycles. The van der Waals surface area contributed by atoms with Gasteiger partial charge in [-0.2, -0.15) is 0 Å². The summed E-state index contributed by atoms with van der Waals surface area (Å²) in [5, 5.41) is 7.52. The highest BCUT2D eigenvalue weighted by Crippen LogP contribution is 1.89. The molecule has 0 saturated heterocycles. The van der Waals surface area contributed by atoms with E-state index in [0.29, 0.717) is 19.7 Å². The Balaban J connectivity index is 3.73. The van der Waals surface area contributed by atoms with Gasteiger partial charge in [-0.25, -0.2) is 4.79 Å². The molecule has 0 heterocycles. The number of carbonyl (C=O) groups is 2. The van der Waals surface area contributed by atoms with E-state index in [4.69, 9.17) is 4.74 Å². The monoisotopic (exact) mass is 217 g/mol. The van der Waals surface area contributed by atoms with Crippen LogP contribution in [0, 0.1) is 0 Å². The second kappa shape index (κ2) is 8.19. The Morgan fingerprint density at radius 1 is 1.40 bits per heavy atom. The van der Waals surface area contributed by atoms with Crippen LogP contribution >= 0.6 is 0 Å². The third-order valence-corrected chi connectivity index (χ3v) is 1.66. The van der Waals surface area contributed by atoms with Gasteiger partial charge in [-0.1, -0.05) is 0 Å². The second-order valence-corrected chi connectivity index (χ2v) is 2.97. The molecule has 0 aromatic rings. The molecule has 0 saturated carbocycles. The van der Waals surface area contributed by atoms with Crippen molar-refractivity contribution in [3.63, 3.8) is 0 Å². The summed E-state index contributed by atoms with van der Waals surface area (Å²) >= 11 is 0. The SMILES string of the molecule is CCNC(=O)NC(=O)C(C)OCCNC. The van der Waals surface area contributed by atoms with Crippen molar-refractivity contribution in [3.05, 3.63) is 0 Å². The van der Waals surface area contributed by atoms with Crippen LogP contribution in [-0.4, -0.2) is 44.8 Å². The van der Waals surface area contributed by atoms with E-state index in [1.54, 1.807) is 20.9 Å². The zero-order chi connectivity index (χ0) is 11.7. The van der Waals surface area contributed by atoms with E-state index in [-0.39, 0.29) is 0 Å². The lowest BCUT2D eigenvalue weighted by atomic mass is 10.4. The first kappa shape index (κ1) is 13.9. The average Bonchev–Trinajstić information content (AvgIpc) is 2.18. The van der Waals surface area contributed by atoms with Crippen LogP contribution in [0.1, 0.15) is 13.8 Å². The van der Waals surface area contributed by atoms with E-state index in [0.717, 1.165) is 0 Å². The summed E-state index contributed by atoms with van der Waals surface area (Å²) in [6, 6.07) is -0.494. The molecule has 6 heteroatoms. The predicted molar refractivity (Wildman–Crippen MR) is 56.6 cm³/mol. The topological polar surface area (TPSA) is 79.5 Å². The minimum atomic E-state index is -0.624. The number of likely N-dealkylation sites (N-methyl/N-ethyl adjacent to an activating group) is 1. The second-order valence-electron chi connectivity index (χ2n) is 2.97. The fraction of sp³-hybridized carbons (Fsp3) is 0.778. The van der Waals surface area contributed by atoms with Crippen LogP contribution in [0.5, 0.6) is 0 Å². The maximum atomic E-state index is 11.3. The van der Waals surface area contributed by atoms with Crippen molar-refractivity contribution < 1.29 is 14.3 Å². The fourth-order valence-electron chi connectivity index (χ4n) is 0.832. The van der Waals surface area contributed by atoms with Gasteiger partial charge in [0, 0.05) is 13.1 Å².